The first kappa shape index (κ1) is 5.06. The summed E-state index contributed by atoms with van der Waals surface area (Å²) in [6.45, 7) is 2.25. The third-order valence-electron chi connectivity index (χ3n) is 0.994. The van der Waals surface area contributed by atoms with E-state index in [1.807, 2.05) is 0 Å². The lowest BCUT2D eigenvalue weighted by Crippen LogP contribution is -1.93. The molecule has 1 rings (SSSR count). The van der Waals surface area contributed by atoms with Gasteiger partial charge in [0.05, 0.1) is 0 Å². The Balaban J connectivity index is 2.04. The summed E-state index contributed by atoms with van der Waals surface area (Å²) in [6, 6.07) is 0. The second-order valence-corrected chi connectivity index (χ2v) is 1.64. The van der Waals surface area contributed by atoms with E-state index in [0.717, 1.165) is 26.1 Å². The Bertz CT molecular complexity index is 25.7. The molecule has 0 aromatic heterocycles. The fourth-order valence-electron chi connectivity index (χ4n) is 0.585. The fourth-order valence-corrected chi connectivity index (χ4v) is 0.585. The predicted molar refractivity (Wildman–Crippen MR) is 26.0 cm³/mol. The second-order valence-electron chi connectivity index (χ2n) is 1.64. The molecule has 0 N–H and O–H groups in total. The Morgan fingerprint density at radius 3 is 2.00 bits per heavy atom. The maximum absolute atomic E-state index is 4.97. The van der Waals surface area contributed by atoms with Crippen LogP contribution in [-0.2, 0) is 9.47 Å². The minimum absolute atomic E-state index is 0.500. The Labute approximate surface area is 43.4 Å². The molecule has 2 heteroatoms. The highest BCUT2D eigenvalue weighted by Crippen LogP contribution is 1.96. The van der Waals surface area contributed by atoms with Gasteiger partial charge >= 0.3 is 0 Å². The molecule has 0 aromatic rings. The topological polar surface area (TPSA) is 18.5 Å². The molecular formula is C5H10O2. The van der Waals surface area contributed by atoms with Crippen molar-refractivity contribution in [2.45, 2.75) is 12.8 Å². The smallest absolute Gasteiger partial charge is 0.146 e. The van der Waals surface area contributed by atoms with Crippen LogP contribution in [0.1, 0.15) is 12.8 Å². The van der Waals surface area contributed by atoms with E-state index >= 15 is 0 Å². The van der Waals surface area contributed by atoms with Crippen molar-refractivity contribution >= 4 is 0 Å². The van der Waals surface area contributed by atoms with E-state index in [4.69, 9.17) is 9.47 Å². The van der Waals surface area contributed by atoms with Gasteiger partial charge in [0.15, 0.2) is 0 Å². The monoisotopic (exact) mass is 102 g/mol. The summed E-state index contributed by atoms with van der Waals surface area (Å²) < 4.78 is 9.94. The molecule has 0 bridgehead atoms. The Kier molecular flexibility index (Phi) is 2.17. The van der Waals surface area contributed by atoms with E-state index in [9.17, 15) is 0 Å². The van der Waals surface area contributed by atoms with Crippen molar-refractivity contribution in [2.75, 3.05) is 20.0 Å². The second kappa shape index (κ2) is 2.99. The molecule has 42 valence electrons. The van der Waals surface area contributed by atoms with Gasteiger partial charge in [0.2, 0.25) is 0 Å². The van der Waals surface area contributed by atoms with Crippen LogP contribution in [0, 0.1) is 0 Å². The predicted octanol–water partition coefficient (Wildman–Crippen LogP) is 0.771. The van der Waals surface area contributed by atoms with E-state index in [1.54, 1.807) is 0 Å². The van der Waals surface area contributed by atoms with Gasteiger partial charge in [0.1, 0.15) is 6.79 Å². The first-order valence-corrected chi connectivity index (χ1v) is 2.65. The highest BCUT2D eigenvalue weighted by molar-refractivity contribution is 4.38. The van der Waals surface area contributed by atoms with Crippen molar-refractivity contribution in [1.29, 1.82) is 0 Å². The van der Waals surface area contributed by atoms with Crippen LogP contribution in [0.4, 0.5) is 0 Å². The van der Waals surface area contributed by atoms with Crippen LogP contribution < -0.4 is 0 Å². The van der Waals surface area contributed by atoms with E-state index in [1.165, 1.54) is 0 Å². The molecule has 0 amide bonds. The molecule has 0 radical (unpaired) electrons. The van der Waals surface area contributed by atoms with Gasteiger partial charge in [-0.15, -0.1) is 0 Å². The molecule has 1 fully saturated rings. The molecule has 0 aromatic carbocycles. The number of rotatable bonds is 0. The standard InChI is InChI=1S/C5H10O2/c1-2-4-7-5-6-3-1/h1-5H2. The van der Waals surface area contributed by atoms with Crippen LogP contribution in [0.2, 0.25) is 0 Å². The first-order chi connectivity index (χ1) is 3.50. The van der Waals surface area contributed by atoms with Crippen molar-refractivity contribution < 1.29 is 9.47 Å². The van der Waals surface area contributed by atoms with Gasteiger partial charge in [-0.05, 0) is 12.8 Å². The molecule has 1 aliphatic heterocycles. The lowest BCUT2D eigenvalue weighted by Gasteiger charge is -1.93. The van der Waals surface area contributed by atoms with Gasteiger partial charge in [-0.3, -0.25) is 0 Å². The van der Waals surface area contributed by atoms with Gasteiger partial charge in [-0.1, -0.05) is 0 Å². The minimum atomic E-state index is 0.500. The molecule has 0 spiro atoms. The van der Waals surface area contributed by atoms with Crippen LogP contribution in [0.25, 0.3) is 0 Å². The Morgan fingerprint density at radius 2 is 1.43 bits per heavy atom. The van der Waals surface area contributed by atoms with Gasteiger partial charge in [-0.25, -0.2) is 0 Å². The zero-order chi connectivity index (χ0) is 4.95. The molecule has 7 heavy (non-hydrogen) atoms. The summed E-state index contributed by atoms with van der Waals surface area (Å²) in [5.41, 5.74) is 0. The summed E-state index contributed by atoms with van der Waals surface area (Å²) >= 11 is 0. The molecule has 0 saturated carbocycles. The fraction of sp³-hybridized carbons (Fsp3) is 1.00. The summed E-state index contributed by atoms with van der Waals surface area (Å²) in [5.74, 6) is 0. The summed E-state index contributed by atoms with van der Waals surface area (Å²) in [5, 5.41) is 0. The number of hydrogen-bond acceptors (Lipinski definition) is 2. The van der Waals surface area contributed by atoms with Crippen molar-refractivity contribution in [2.24, 2.45) is 0 Å². The molecule has 2 nitrogen and oxygen atoms in total. The molecule has 0 aliphatic carbocycles. The zero-order valence-corrected chi connectivity index (χ0v) is 4.35. The first-order valence-electron chi connectivity index (χ1n) is 2.65. The Hall–Kier alpha value is -0.0800. The van der Waals surface area contributed by atoms with E-state index in [0.29, 0.717) is 6.79 Å². The van der Waals surface area contributed by atoms with Crippen LogP contribution in [0.3, 0.4) is 0 Å². The Morgan fingerprint density at radius 1 is 0.857 bits per heavy atom. The van der Waals surface area contributed by atoms with E-state index < -0.39 is 0 Å². The van der Waals surface area contributed by atoms with E-state index in [-0.39, 0.29) is 0 Å². The van der Waals surface area contributed by atoms with Crippen molar-refractivity contribution in [1.82, 2.24) is 0 Å². The molecule has 1 aliphatic rings. The van der Waals surface area contributed by atoms with Gasteiger partial charge in [0, 0.05) is 13.2 Å². The van der Waals surface area contributed by atoms with Crippen LogP contribution in [0.5, 0.6) is 0 Å². The normalized spacial score (nSPS) is 24.0. The maximum atomic E-state index is 4.97. The minimum Gasteiger partial charge on any atom is -0.355 e. The van der Waals surface area contributed by atoms with Crippen LogP contribution in [-0.4, -0.2) is 20.0 Å². The van der Waals surface area contributed by atoms with Gasteiger partial charge < -0.3 is 9.47 Å². The average molecular weight is 102 g/mol. The SMILES string of the molecule is C1CCOCOC1. The van der Waals surface area contributed by atoms with Gasteiger partial charge in [0.25, 0.3) is 0 Å². The third kappa shape index (κ3) is 1.90. The van der Waals surface area contributed by atoms with Crippen molar-refractivity contribution in [3.63, 3.8) is 0 Å². The maximum Gasteiger partial charge on any atom is 0.146 e. The molecule has 0 atom stereocenters. The lowest BCUT2D eigenvalue weighted by atomic mass is 10.3. The summed E-state index contributed by atoms with van der Waals surface area (Å²) in [4.78, 5) is 0. The summed E-state index contributed by atoms with van der Waals surface area (Å²) in [6.07, 6.45) is 2.31. The molecule has 0 unspecified atom stereocenters. The van der Waals surface area contributed by atoms with Crippen LogP contribution in [0.15, 0.2) is 0 Å². The lowest BCUT2D eigenvalue weighted by molar-refractivity contribution is -0.0318. The average Bonchev–Trinajstić information content (AvgIpc) is 1.90. The van der Waals surface area contributed by atoms with E-state index in [2.05, 4.69) is 0 Å². The largest absolute Gasteiger partial charge is 0.355 e. The third-order valence-corrected chi connectivity index (χ3v) is 0.994. The zero-order valence-electron chi connectivity index (χ0n) is 4.35. The molecular weight excluding hydrogens is 92.1 g/mol. The number of ether oxygens (including phenoxy) is 2. The van der Waals surface area contributed by atoms with Crippen molar-refractivity contribution in [3.05, 3.63) is 0 Å². The molecule has 1 heterocycles. The molecule has 1 saturated heterocycles. The highest BCUT2D eigenvalue weighted by atomic mass is 16.7. The number of hydrogen-bond donors (Lipinski definition) is 0. The van der Waals surface area contributed by atoms with Crippen LogP contribution >= 0.6 is 0 Å². The quantitative estimate of drug-likeness (QED) is 0.449. The van der Waals surface area contributed by atoms with Crippen molar-refractivity contribution in [3.8, 4) is 0 Å². The van der Waals surface area contributed by atoms with Gasteiger partial charge in [-0.2, -0.15) is 0 Å². The summed E-state index contributed by atoms with van der Waals surface area (Å²) in [7, 11) is 0. The highest BCUT2D eigenvalue weighted by Gasteiger charge is 1.94.